The third-order valence-electron chi connectivity index (χ3n) is 3.64. The predicted molar refractivity (Wildman–Crippen MR) is 78.3 cm³/mol. The molecule has 1 aromatic heterocycles. The van der Waals surface area contributed by atoms with E-state index in [4.69, 9.17) is 4.98 Å². The van der Waals surface area contributed by atoms with Crippen LogP contribution in [0.4, 0.5) is 11.6 Å². The fraction of sp³-hybridized carbons (Fsp3) is 0.667. The maximum Gasteiger partial charge on any atom is 0.131 e. The lowest BCUT2D eigenvalue weighted by atomic mass is 9.98. The Kier molecular flexibility index (Phi) is 4.85. The number of rotatable bonds is 5. The van der Waals surface area contributed by atoms with Gasteiger partial charge in [0.25, 0.3) is 0 Å². The van der Waals surface area contributed by atoms with E-state index in [2.05, 4.69) is 36.2 Å². The summed E-state index contributed by atoms with van der Waals surface area (Å²) in [6.45, 7) is 6.46. The molecule has 0 bridgehead atoms. The molecule has 0 saturated carbocycles. The average Bonchev–Trinajstić information content (AvgIpc) is 2.40. The number of nitrogens with one attached hydrogen (secondary N) is 1. The number of hydrogen-bond donors (Lipinski definition) is 1. The molecule has 1 atom stereocenters. The molecular formula is C15H25N3. The zero-order valence-corrected chi connectivity index (χ0v) is 11.7. The predicted octanol–water partition coefficient (Wildman–Crippen LogP) is 3.67. The molecule has 1 fully saturated rings. The fourth-order valence-corrected chi connectivity index (χ4v) is 2.80. The molecular weight excluding hydrogens is 222 g/mol. The minimum Gasteiger partial charge on any atom is -0.370 e. The summed E-state index contributed by atoms with van der Waals surface area (Å²) < 4.78 is 0. The summed E-state index contributed by atoms with van der Waals surface area (Å²) >= 11 is 0. The van der Waals surface area contributed by atoms with Crippen LogP contribution in [0.5, 0.6) is 0 Å². The minimum atomic E-state index is 0.688. The summed E-state index contributed by atoms with van der Waals surface area (Å²) in [6.07, 6.45) is 6.53. The lowest BCUT2D eigenvalue weighted by Crippen LogP contribution is -2.40. The highest BCUT2D eigenvalue weighted by atomic mass is 15.2. The highest BCUT2D eigenvalue weighted by molar-refractivity contribution is 5.48. The Morgan fingerprint density at radius 3 is 3.00 bits per heavy atom. The van der Waals surface area contributed by atoms with Crippen LogP contribution in [0.3, 0.4) is 0 Å². The van der Waals surface area contributed by atoms with Crippen LogP contribution < -0.4 is 10.2 Å². The van der Waals surface area contributed by atoms with Crippen LogP contribution in [0.15, 0.2) is 18.2 Å². The molecule has 18 heavy (non-hydrogen) atoms. The summed E-state index contributed by atoms with van der Waals surface area (Å²) in [4.78, 5) is 7.24. The van der Waals surface area contributed by atoms with E-state index in [-0.39, 0.29) is 0 Å². The summed E-state index contributed by atoms with van der Waals surface area (Å²) in [5.41, 5.74) is 0. The standard InChI is InChI=1S/C15H25N3/c1-3-8-13-9-5-6-12-18(13)15-11-7-10-14(17-15)16-4-2/h7,10-11,13H,3-6,8-9,12H2,1-2H3,(H,16,17). The minimum absolute atomic E-state index is 0.688. The van der Waals surface area contributed by atoms with Crippen LogP contribution in [0.1, 0.15) is 46.0 Å². The SMILES string of the molecule is CCCC1CCCCN1c1cccc(NCC)n1. The normalized spacial score (nSPS) is 19.9. The third-order valence-corrected chi connectivity index (χ3v) is 3.64. The molecule has 0 aliphatic carbocycles. The zero-order valence-electron chi connectivity index (χ0n) is 11.7. The van der Waals surface area contributed by atoms with Gasteiger partial charge in [0.05, 0.1) is 0 Å². The number of aromatic nitrogens is 1. The van der Waals surface area contributed by atoms with E-state index >= 15 is 0 Å². The lowest BCUT2D eigenvalue weighted by Gasteiger charge is -2.36. The molecule has 3 heteroatoms. The molecule has 1 aliphatic heterocycles. The molecule has 2 rings (SSSR count). The second-order valence-electron chi connectivity index (χ2n) is 5.04. The van der Waals surface area contributed by atoms with E-state index in [1.807, 2.05) is 6.07 Å². The van der Waals surface area contributed by atoms with Crippen molar-refractivity contribution in [2.75, 3.05) is 23.3 Å². The summed E-state index contributed by atoms with van der Waals surface area (Å²) in [5, 5.41) is 3.30. The van der Waals surface area contributed by atoms with Gasteiger partial charge in [-0.25, -0.2) is 4.98 Å². The Hall–Kier alpha value is -1.25. The average molecular weight is 247 g/mol. The fourth-order valence-electron chi connectivity index (χ4n) is 2.80. The van der Waals surface area contributed by atoms with Crippen molar-refractivity contribution >= 4 is 11.6 Å². The Bertz CT molecular complexity index is 363. The molecule has 1 N–H and O–H groups in total. The highest BCUT2D eigenvalue weighted by Crippen LogP contribution is 2.26. The number of pyridine rings is 1. The van der Waals surface area contributed by atoms with Crippen molar-refractivity contribution in [1.29, 1.82) is 0 Å². The maximum atomic E-state index is 4.73. The van der Waals surface area contributed by atoms with Crippen LogP contribution in [-0.2, 0) is 0 Å². The van der Waals surface area contributed by atoms with E-state index in [1.54, 1.807) is 0 Å². The second kappa shape index (κ2) is 6.62. The lowest BCUT2D eigenvalue weighted by molar-refractivity contribution is 0.432. The first-order chi connectivity index (χ1) is 8.85. The zero-order chi connectivity index (χ0) is 12.8. The van der Waals surface area contributed by atoms with Crippen LogP contribution in [0.25, 0.3) is 0 Å². The molecule has 1 saturated heterocycles. The Morgan fingerprint density at radius 1 is 1.33 bits per heavy atom. The van der Waals surface area contributed by atoms with Crippen molar-refractivity contribution in [3.05, 3.63) is 18.2 Å². The van der Waals surface area contributed by atoms with Gasteiger partial charge in [-0.3, -0.25) is 0 Å². The summed E-state index contributed by atoms with van der Waals surface area (Å²) in [5.74, 6) is 2.14. The van der Waals surface area contributed by atoms with E-state index in [9.17, 15) is 0 Å². The molecule has 0 radical (unpaired) electrons. The largest absolute Gasteiger partial charge is 0.370 e. The molecule has 1 aliphatic rings. The number of anilines is 2. The Morgan fingerprint density at radius 2 is 2.22 bits per heavy atom. The molecule has 0 aromatic carbocycles. The van der Waals surface area contributed by atoms with Gasteiger partial charge in [-0.1, -0.05) is 19.4 Å². The smallest absolute Gasteiger partial charge is 0.131 e. The number of piperidine rings is 1. The molecule has 0 amide bonds. The van der Waals surface area contributed by atoms with Crippen molar-refractivity contribution in [3.63, 3.8) is 0 Å². The number of nitrogens with zero attached hydrogens (tertiary/aromatic N) is 2. The van der Waals surface area contributed by atoms with Gasteiger partial charge < -0.3 is 10.2 Å². The van der Waals surface area contributed by atoms with Gasteiger partial charge in [0.1, 0.15) is 11.6 Å². The third kappa shape index (κ3) is 3.15. The highest BCUT2D eigenvalue weighted by Gasteiger charge is 2.22. The van der Waals surface area contributed by atoms with E-state index < -0.39 is 0 Å². The van der Waals surface area contributed by atoms with Gasteiger partial charge in [-0.15, -0.1) is 0 Å². The van der Waals surface area contributed by atoms with Crippen LogP contribution in [-0.4, -0.2) is 24.1 Å². The summed E-state index contributed by atoms with van der Waals surface area (Å²) in [6, 6.07) is 6.99. The van der Waals surface area contributed by atoms with Gasteiger partial charge in [0.15, 0.2) is 0 Å². The van der Waals surface area contributed by atoms with Gasteiger partial charge in [-0.05, 0) is 44.7 Å². The van der Waals surface area contributed by atoms with Gasteiger partial charge >= 0.3 is 0 Å². The molecule has 3 nitrogen and oxygen atoms in total. The van der Waals surface area contributed by atoms with Crippen molar-refractivity contribution in [2.45, 2.75) is 52.0 Å². The molecule has 1 aromatic rings. The van der Waals surface area contributed by atoms with Gasteiger partial charge in [-0.2, -0.15) is 0 Å². The monoisotopic (exact) mass is 247 g/mol. The van der Waals surface area contributed by atoms with Crippen LogP contribution in [0.2, 0.25) is 0 Å². The maximum absolute atomic E-state index is 4.73. The van der Waals surface area contributed by atoms with E-state index in [0.717, 1.165) is 24.7 Å². The first kappa shape index (κ1) is 13.2. The Balaban J connectivity index is 2.14. The molecule has 100 valence electrons. The van der Waals surface area contributed by atoms with Crippen molar-refractivity contribution in [3.8, 4) is 0 Å². The van der Waals surface area contributed by atoms with Crippen molar-refractivity contribution < 1.29 is 0 Å². The van der Waals surface area contributed by atoms with Gasteiger partial charge in [0.2, 0.25) is 0 Å². The van der Waals surface area contributed by atoms with E-state index in [0.29, 0.717) is 6.04 Å². The quantitative estimate of drug-likeness (QED) is 0.860. The van der Waals surface area contributed by atoms with Crippen LogP contribution >= 0.6 is 0 Å². The number of hydrogen-bond acceptors (Lipinski definition) is 3. The summed E-state index contributed by atoms with van der Waals surface area (Å²) in [7, 11) is 0. The molecule has 0 spiro atoms. The van der Waals surface area contributed by atoms with Crippen molar-refractivity contribution in [1.82, 2.24) is 4.98 Å². The molecule has 1 unspecified atom stereocenters. The van der Waals surface area contributed by atoms with Gasteiger partial charge in [0, 0.05) is 19.1 Å². The van der Waals surface area contributed by atoms with E-state index in [1.165, 1.54) is 32.1 Å². The Labute approximate surface area is 111 Å². The second-order valence-corrected chi connectivity index (χ2v) is 5.04. The molecule has 2 heterocycles. The first-order valence-corrected chi connectivity index (χ1v) is 7.32. The van der Waals surface area contributed by atoms with Crippen molar-refractivity contribution in [2.24, 2.45) is 0 Å². The topological polar surface area (TPSA) is 28.2 Å². The van der Waals surface area contributed by atoms with Crippen LogP contribution in [0, 0.1) is 0 Å². The first-order valence-electron chi connectivity index (χ1n) is 7.32.